The maximum Gasteiger partial charge on any atom is 0.160 e. The molecule has 2 aromatic rings. The molecule has 1 aromatic carbocycles. The van der Waals surface area contributed by atoms with Gasteiger partial charge in [0.25, 0.3) is 0 Å². The van der Waals surface area contributed by atoms with Crippen LogP contribution in [0.1, 0.15) is 29.9 Å². The summed E-state index contributed by atoms with van der Waals surface area (Å²) in [7, 11) is 1.92. The lowest BCUT2D eigenvalue weighted by Gasteiger charge is -2.01. The van der Waals surface area contributed by atoms with Gasteiger partial charge in [-0.3, -0.25) is 9.48 Å². The number of Topliss-reactive ketones (excluding diaryl/α,β-unsaturated/α-hetero) is 1. The summed E-state index contributed by atoms with van der Waals surface area (Å²) in [6.07, 6.45) is 0.886. The van der Waals surface area contributed by atoms with Gasteiger partial charge < -0.3 is 0 Å². The normalized spacial score (nSPS) is 10.9. The van der Waals surface area contributed by atoms with E-state index >= 15 is 0 Å². The first-order valence-electron chi connectivity index (χ1n) is 5.10. The summed E-state index contributed by atoms with van der Waals surface area (Å²) in [4.78, 5) is 11.5. The van der Waals surface area contributed by atoms with Gasteiger partial charge in [0.2, 0.25) is 0 Å². The van der Waals surface area contributed by atoms with E-state index in [0.29, 0.717) is 0 Å². The molecule has 1 aromatic heterocycles. The van der Waals surface area contributed by atoms with Crippen LogP contribution in [0.4, 0.5) is 0 Å². The highest BCUT2D eigenvalue weighted by atomic mass is 16.1. The number of carbonyl (C=O) groups excluding carboxylic acids is 1. The molecule has 0 bridgehead atoms. The van der Waals surface area contributed by atoms with Gasteiger partial charge in [-0.2, -0.15) is 5.10 Å². The molecule has 1 heterocycles. The minimum atomic E-state index is 0.100. The highest BCUT2D eigenvalue weighted by Gasteiger charge is 2.13. The van der Waals surface area contributed by atoms with Crippen molar-refractivity contribution in [3.63, 3.8) is 0 Å². The van der Waals surface area contributed by atoms with Crippen molar-refractivity contribution in [1.29, 1.82) is 0 Å². The van der Waals surface area contributed by atoms with E-state index in [1.807, 2.05) is 29.9 Å². The summed E-state index contributed by atoms with van der Waals surface area (Å²) < 4.78 is 1.86. The Hall–Kier alpha value is -1.64. The molecule has 0 aliphatic carbocycles. The molecule has 0 atom stereocenters. The second kappa shape index (κ2) is 3.50. The molecule has 0 aliphatic rings. The lowest BCUT2D eigenvalue weighted by atomic mass is 10.0. The summed E-state index contributed by atoms with van der Waals surface area (Å²) in [6, 6.07) is 5.69. The molecule has 78 valence electrons. The fourth-order valence-corrected chi connectivity index (χ4v) is 2.01. The standard InChI is InChI=1S/C12H14N2O/c1-4-11-12-9(8(2)15)6-5-7-10(12)13-14(11)3/h5-7H,4H2,1-3H3. The van der Waals surface area contributed by atoms with Crippen molar-refractivity contribution < 1.29 is 4.79 Å². The zero-order valence-electron chi connectivity index (χ0n) is 9.24. The van der Waals surface area contributed by atoms with Crippen LogP contribution in [0.5, 0.6) is 0 Å². The largest absolute Gasteiger partial charge is 0.294 e. The fourth-order valence-electron chi connectivity index (χ4n) is 2.01. The van der Waals surface area contributed by atoms with Gasteiger partial charge in [0.15, 0.2) is 5.78 Å². The molecule has 0 spiro atoms. The lowest BCUT2D eigenvalue weighted by Crippen LogP contribution is -1.98. The first-order valence-corrected chi connectivity index (χ1v) is 5.10. The van der Waals surface area contributed by atoms with Crippen LogP contribution in [-0.2, 0) is 13.5 Å². The number of benzene rings is 1. The molecule has 3 heteroatoms. The quantitative estimate of drug-likeness (QED) is 0.700. The van der Waals surface area contributed by atoms with Gasteiger partial charge in [-0.25, -0.2) is 0 Å². The molecule has 0 amide bonds. The van der Waals surface area contributed by atoms with E-state index in [0.717, 1.165) is 28.6 Å². The molecule has 0 saturated carbocycles. The van der Waals surface area contributed by atoms with E-state index in [4.69, 9.17) is 0 Å². The van der Waals surface area contributed by atoms with E-state index in [2.05, 4.69) is 12.0 Å². The van der Waals surface area contributed by atoms with Gasteiger partial charge in [-0.1, -0.05) is 19.1 Å². The maximum absolute atomic E-state index is 11.5. The SMILES string of the molecule is CCc1c2c(C(C)=O)cccc2nn1C. The Balaban J connectivity index is 2.87. The van der Waals surface area contributed by atoms with Crippen LogP contribution in [0, 0.1) is 0 Å². The van der Waals surface area contributed by atoms with Gasteiger partial charge >= 0.3 is 0 Å². The van der Waals surface area contributed by atoms with E-state index in [1.54, 1.807) is 6.92 Å². The molecule has 0 fully saturated rings. The Bertz CT molecular complexity index is 526. The van der Waals surface area contributed by atoms with Crippen molar-refractivity contribution >= 4 is 16.7 Å². The molecule has 0 N–H and O–H groups in total. The smallest absolute Gasteiger partial charge is 0.160 e. The second-order valence-electron chi connectivity index (χ2n) is 3.68. The highest BCUT2D eigenvalue weighted by Crippen LogP contribution is 2.22. The van der Waals surface area contributed by atoms with Crippen molar-refractivity contribution in [2.75, 3.05) is 0 Å². The third-order valence-corrected chi connectivity index (χ3v) is 2.69. The van der Waals surface area contributed by atoms with Crippen LogP contribution in [-0.4, -0.2) is 15.6 Å². The Morgan fingerprint density at radius 3 is 2.80 bits per heavy atom. The maximum atomic E-state index is 11.5. The van der Waals surface area contributed by atoms with Crippen molar-refractivity contribution in [3.8, 4) is 0 Å². The summed E-state index contributed by atoms with van der Waals surface area (Å²) in [6.45, 7) is 3.68. The van der Waals surface area contributed by atoms with Crippen molar-refractivity contribution in [2.45, 2.75) is 20.3 Å². The summed E-state index contributed by atoms with van der Waals surface area (Å²) in [5.74, 6) is 0.100. The number of aryl methyl sites for hydroxylation is 2. The Morgan fingerprint density at radius 1 is 1.47 bits per heavy atom. The molecule has 0 radical (unpaired) electrons. The summed E-state index contributed by atoms with van der Waals surface area (Å²) in [5, 5.41) is 5.40. The molecule has 3 nitrogen and oxygen atoms in total. The Labute approximate surface area is 88.7 Å². The number of nitrogens with zero attached hydrogens (tertiary/aromatic N) is 2. The number of carbonyl (C=O) groups is 1. The first kappa shape index (κ1) is 9.90. The third-order valence-electron chi connectivity index (χ3n) is 2.69. The predicted molar refractivity (Wildman–Crippen MR) is 60.1 cm³/mol. The highest BCUT2D eigenvalue weighted by molar-refractivity contribution is 6.07. The van der Waals surface area contributed by atoms with Crippen LogP contribution in [0.25, 0.3) is 10.9 Å². The molecule has 0 aliphatic heterocycles. The zero-order chi connectivity index (χ0) is 11.0. The monoisotopic (exact) mass is 202 g/mol. The van der Waals surface area contributed by atoms with E-state index < -0.39 is 0 Å². The zero-order valence-corrected chi connectivity index (χ0v) is 9.24. The van der Waals surface area contributed by atoms with Gasteiger partial charge in [0, 0.05) is 23.7 Å². The van der Waals surface area contributed by atoms with Crippen LogP contribution < -0.4 is 0 Å². The predicted octanol–water partition coefficient (Wildman–Crippen LogP) is 2.34. The molecule has 2 rings (SSSR count). The van der Waals surface area contributed by atoms with Gasteiger partial charge in [0.1, 0.15) is 0 Å². The number of ketones is 1. The van der Waals surface area contributed by atoms with Crippen molar-refractivity contribution in [2.24, 2.45) is 7.05 Å². The second-order valence-corrected chi connectivity index (χ2v) is 3.68. The van der Waals surface area contributed by atoms with Crippen LogP contribution >= 0.6 is 0 Å². The molecular weight excluding hydrogens is 188 g/mol. The lowest BCUT2D eigenvalue weighted by molar-refractivity contribution is 0.101. The van der Waals surface area contributed by atoms with Crippen molar-refractivity contribution in [1.82, 2.24) is 9.78 Å². The van der Waals surface area contributed by atoms with Crippen molar-refractivity contribution in [3.05, 3.63) is 29.5 Å². The van der Waals surface area contributed by atoms with E-state index in [1.165, 1.54) is 0 Å². The molecule has 0 saturated heterocycles. The van der Waals surface area contributed by atoms with Gasteiger partial charge in [-0.15, -0.1) is 0 Å². The third kappa shape index (κ3) is 1.44. The fraction of sp³-hybridized carbons (Fsp3) is 0.333. The van der Waals surface area contributed by atoms with Crippen LogP contribution in [0.15, 0.2) is 18.2 Å². The van der Waals surface area contributed by atoms with Crippen LogP contribution in [0.3, 0.4) is 0 Å². The topological polar surface area (TPSA) is 34.9 Å². The molecule has 0 unspecified atom stereocenters. The van der Waals surface area contributed by atoms with Gasteiger partial charge in [0.05, 0.1) is 5.52 Å². The number of rotatable bonds is 2. The van der Waals surface area contributed by atoms with E-state index in [-0.39, 0.29) is 5.78 Å². The summed E-state index contributed by atoms with van der Waals surface area (Å²) >= 11 is 0. The average Bonchev–Trinajstić information content (AvgIpc) is 2.52. The number of hydrogen-bond donors (Lipinski definition) is 0. The number of fused-ring (bicyclic) bond motifs is 1. The first-order chi connectivity index (χ1) is 7.15. The number of hydrogen-bond acceptors (Lipinski definition) is 2. The Morgan fingerprint density at radius 2 is 2.20 bits per heavy atom. The van der Waals surface area contributed by atoms with Gasteiger partial charge in [-0.05, 0) is 19.4 Å². The molecule has 15 heavy (non-hydrogen) atoms. The Kier molecular flexibility index (Phi) is 2.31. The average molecular weight is 202 g/mol. The number of aromatic nitrogens is 2. The summed E-state index contributed by atoms with van der Waals surface area (Å²) in [5.41, 5.74) is 2.80. The van der Waals surface area contributed by atoms with Crippen LogP contribution in [0.2, 0.25) is 0 Å². The minimum absolute atomic E-state index is 0.100. The molecular formula is C12H14N2O. The minimum Gasteiger partial charge on any atom is -0.294 e. The van der Waals surface area contributed by atoms with E-state index in [9.17, 15) is 4.79 Å².